The predicted molar refractivity (Wildman–Crippen MR) is 376 cm³/mol. The number of hydrogen-bond acceptors (Lipinski definition) is 3. The van der Waals surface area contributed by atoms with E-state index in [1.807, 2.05) is 66.9 Å². The molecule has 0 unspecified atom stereocenters. The van der Waals surface area contributed by atoms with Gasteiger partial charge in [-0.3, -0.25) is 15.0 Å². The van der Waals surface area contributed by atoms with Gasteiger partial charge in [-0.2, -0.15) is 0 Å². The summed E-state index contributed by atoms with van der Waals surface area (Å²) in [5, 5.41) is 0. The number of benzene rings is 12. The molecule has 94 heavy (non-hydrogen) atoms. The van der Waals surface area contributed by atoms with Gasteiger partial charge in [0.25, 0.3) is 0 Å². The summed E-state index contributed by atoms with van der Waals surface area (Å²) in [7, 11) is 0. The van der Waals surface area contributed by atoms with Gasteiger partial charge in [-0.1, -0.05) is 249 Å². The lowest BCUT2D eigenvalue weighted by molar-refractivity contribution is 0.591. The Labute approximate surface area is 543 Å². The standard InChI is InChI=1S/C87H55F4N3/c88-79-44-42-75(86(90)84(79)60-24-9-3-10-25-60)81-46-40-64(53-92-81)69-30-13-15-32-71(69)66-49-67(72-33-16-14-31-70(72)65-41-47-82(93-54-65)76-43-45-80(89)85(87(76)91)61-26-11-4-12-27-61)51-68(50-66)73-34-17-18-35-74(73)78-55-94-83(63-29-19-28-62(48-63)57-22-7-2-8-23-57)52-77(78)59-38-36-58(37-39-59)56-20-5-1-6-21-56/h1-55H. The van der Waals surface area contributed by atoms with E-state index in [4.69, 9.17) is 15.0 Å². The fourth-order valence-electron chi connectivity index (χ4n) is 12.7. The second-order valence-electron chi connectivity index (χ2n) is 23.1. The van der Waals surface area contributed by atoms with E-state index in [2.05, 4.69) is 170 Å². The smallest absolute Gasteiger partial charge is 0.143 e. The molecule has 0 aliphatic rings. The van der Waals surface area contributed by atoms with Crippen molar-refractivity contribution < 1.29 is 17.6 Å². The van der Waals surface area contributed by atoms with E-state index >= 15 is 17.6 Å². The Balaban J connectivity index is 0.880. The summed E-state index contributed by atoms with van der Waals surface area (Å²) >= 11 is 0. The van der Waals surface area contributed by atoms with E-state index in [0.29, 0.717) is 22.5 Å². The van der Waals surface area contributed by atoms with Crippen molar-refractivity contribution in [1.29, 1.82) is 0 Å². The third-order valence-electron chi connectivity index (χ3n) is 17.4. The molecule has 0 bridgehead atoms. The molecule has 0 aliphatic heterocycles. The first kappa shape index (κ1) is 58.2. The largest absolute Gasteiger partial charge is 0.256 e. The number of rotatable bonds is 14. The van der Waals surface area contributed by atoms with Crippen LogP contribution in [0, 0.1) is 23.3 Å². The van der Waals surface area contributed by atoms with Crippen LogP contribution in [0.3, 0.4) is 0 Å². The van der Waals surface area contributed by atoms with E-state index in [-0.39, 0.29) is 22.3 Å². The van der Waals surface area contributed by atoms with Gasteiger partial charge in [0.15, 0.2) is 0 Å². The number of pyridine rings is 3. The number of nitrogens with zero attached hydrogens (tertiary/aromatic N) is 3. The number of halogens is 4. The van der Waals surface area contributed by atoms with Crippen LogP contribution >= 0.6 is 0 Å². The predicted octanol–water partition coefficient (Wildman–Crippen LogP) is 23.8. The van der Waals surface area contributed by atoms with Crippen molar-refractivity contribution in [1.82, 2.24) is 15.0 Å². The fraction of sp³-hybridized carbons (Fsp3) is 0. The molecule has 0 radical (unpaired) electrons. The average Bonchev–Trinajstić information content (AvgIpc) is 0.784. The van der Waals surface area contributed by atoms with Crippen molar-refractivity contribution in [2.75, 3.05) is 0 Å². The lowest BCUT2D eigenvalue weighted by atomic mass is 9.85. The van der Waals surface area contributed by atoms with E-state index in [0.717, 1.165) is 111 Å². The first-order valence-electron chi connectivity index (χ1n) is 31.0. The Bertz CT molecular complexity index is 5050. The summed E-state index contributed by atoms with van der Waals surface area (Å²) in [6.45, 7) is 0. The van der Waals surface area contributed by atoms with Gasteiger partial charge < -0.3 is 0 Å². The minimum absolute atomic E-state index is 0.105. The van der Waals surface area contributed by atoms with Crippen LogP contribution in [0.2, 0.25) is 0 Å². The molecule has 0 saturated carbocycles. The SMILES string of the molecule is Fc1ccc(-c2ccc(-c3ccccc3-c3cc(-c4ccccc4-c4ccc(-c5ccc(F)c(-c6ccccc6)c5F)nc4)cc(-c4ccccc4-c4cnc(-c5cccc(-c6ccccc6)c5)cc4-c4ccc(-c5ccccc5)cc4)c3)cn2)c(F)c1-c1ccccc1. The molecular weight excluding hydrogens is 1160 g/mol. The molecule has 0 fully saturated rings. The highest BCUT2D eigenvalue weighted by atomic mass is 19.1. The molecule has 0 saturated heterocycles. The minimum atomic E-state index is -0.684. The van der Waals surface area contributed by atoms with Crippen LogP contribution in [0.1, 0.15) is 0 Å². The Morgan fingerprint density at radius 3 is 0.947 bits per heavy atom. The third kappa shape index (κ3) is 11.5. The van der Waals surface area contributed by atoms with Crippen molar-refractivity contribution in [2.45, 2.75) is 0 Å². The molecule has 7 heteroatoms. The minimum Gasteiger partial charge on any atom is -0.256 e. The normalized spacial score (nSPS) is 11.2. The summed E-state index contributed by atoms with van der Waals surface area (Å²) in [4.78, 5) is 15.0. The molecule has 0 aliphatic carbocycles. The van der Waals surface area contributed by atoms with Crippen molar-refractivity contribution in [3.05, 3.63) is 357 Å². The monoisotopic (exact) mass is 1220 g/mol. The second-order valence-corrected chi connectivity index (χ2v) is 23.1. The maximum atomic E-state index is 16.4. The molecule has 0 N–H and O–H groups in total. The highest BCUT2D eigenvalue weighted by Gasteiger charge is 2.23. The first-order valence-corrected chi connectivity index (χ1v) is 31.0. The Morgan fingerprint density at radius 1 is 0.170 bits per heavy atom. The quantitative estimate of drug-likeness (QED) is 0.102. The number of aromatic nitrogens is 3. The molecule has 15 aromatic rings. The van der Waals surface area contributed by atoms with Crippen molar-refractivity contribution in [3.63, 3.8) is 0 Å². The topological polar surface area (TPSA) is 38.7 Å². The molecule has 3 nitrogen and oxygen atoms in total. The highest BCUT2D eigenvalue weighted by Crippen LogP contribution is 2.46. The van der Waals surface area contributed by atoms with Gasteiger partial charge >= 0.3 is 0 Å². The van der Waals surface area contributed by atoms with Gasteiger partial charge in [0, 0.05) is 52.0 Å². The Kier molecular flexibility index (Phi) is 15.8. The van der Waals surface area contributed by atoms with Crippen LogP contribution in [0.4, 0.5) is 17.6 Å². The van der Waals surface area contributed by atoms with Crippen LogP contribution in [-0.2, 0) is 0 Å². The zero-order valence-corrected chi connectivity index (χ0v) is 50.6. The summed E-state index contributed by atoms with van der Waals surface area (Å²) in [6.07, 6.45) is 5.50. The molecule has 0 atom stereocenters. The fourth-order valence-corrected chi connectivity index (χ4v) is 12.7. The average molecular weight is 1220 g/mol. The van der Waals surface area contributed by atoms with E-state index in [9.17, 15) is 0 Å². The second kappa shape index (κ2) is 25.6. The highest BCUT2D eigenvalue weighted by molar-refractivity contribution is 5.97. The summed E-state index contributed by atoms with van der Waals surface area (Å²) in [5.41, 5.74) is 20.9. The van der Waals surface area contributed by atoms with Crippen molar-refractivity contribution >= 4 is 0 Å². The van der Waals surface area contributed by atoms with Gasteiger partial charge in [-0.15, -0.1) is 0 Å². The molecule has 446 valence electrons. The molecule has 3 aromatic heterocycles. The third-order valence-corrected chi connectivity index (χ3v) is 17.4. The van der Waals surface area contributed by atoms with E-state index in [1.54, 1.807) is 73.1 Å². The lowest BCUT2D eigenvalue weighted by Crippen LogP contribution is -1.96. The van der Waals surface area contributed by atoms with Gasteiger partial charge in [0.05, 0.1) is 28.2 Å². The van der Waals surface area contributed by atoms with Crippen LogP contribution in [-0.4, -0.2) is 15.0 Å². The molecular formula is C87H55F4N3. The Morgan fingerprint density at radius 2 is 0.500 bits per heavy atom. The molecule has 3 heterocycles. The summed E-state index contributed by atoms with van der Waals surface area (Å²) in [6, 6.07) is 102. The molecule has 12 aromatic carbocycles. The zero-order valence-electron chi connectivity index (χ0n) is 50.6. The molecule has 0 amide bonds. The maximum absolute atomic E-state index is 16.4. The van der Waals surface area contributed by atoms with Crippen LogP contribution < -0.4 is 0 Å². The summed E-state index contributed by atoms with van der Waals surface area (Å²) in [5.74, 6) is -2.67. The zero-order chi connectivity index (χ0) is 63.5. The van der Waals surface area contributed by atoms with Crippen molar-refractivity contribution in [2.24, 2.45) is 0 Å². The molecule has 15 rings (SSSR count). The summed E-state index contributed by atoms with van der Waals surface area (Å²) < 4.78 is 63.6. The van der Waals surface area contributed by atoms with Gasteiger partial charge in [0.1, 0.15) is 23.3 Å². The van der Waals surface area contributed by atoms with Gasteiger partial charge in [-0.25, -0.2) is 17.6 Å². The first-order chi connectivity index (χ1) is 46.3. The van der Waals surface area contributed by atoms with Crippen molar-refractivity contribution in [3.8, 4) is 156 Å². The van der Waals surface area contributed by atoms with E-state index in [1.165, 1.54) is 24.3 Å². The lowest BCUT2D eigenvalue weighted by Gasteiger charge is -2.19. The molecule has 0 spiro atoms. The van der Waals surface area contributed by atoms with Gasteiger partial charge in [-0.05, 0) is 161 Å². The van der Waals surface area contributed by atoms with Crippen LogP contribution in [0.25, 0.3) is 156 Å². The van der Waals surface area contributed by atoms with E-state index < -0.39 is 23.3 Å². The number of hydrogen-bond donors (Lipinski definition) is 0. The van der Waals surface area contributed by atoms with Gasteiger partial charge in [0.2, 0.25) is 0 Å². The Hall–Kier alpha value is -12.2. The maximum Gasteiger partial charge on any atom is 0.143 e. The van der Waals surface area contributed by atoms with Crippen LogP contribution in [0.15, 0.2) is 334 Å². The van der Waals surface area contributed by atoms with Crippen LogP contribution in [0.5, 0.6) is 0 Å².